The van der Waals surface area contributed by atoms with Crippen LogP contribution < -0.4 is 0 Å². The normalized spacial score (nSPS) is 12.1. The van der Waals surface area contributed by atoms with Gasteiger partial charge in [-0.3, -0.25) is 4.79 Å². The highest BCUT2D eigenvalue weighted by Crippen LogP contribution is 2.27. The predicted molar refractivity (Wildman–Crippen MR) is 79.4 cm³/mol. The fraction of sp³-hybridized carbons (Fsp3) is 0.278. The van der Waals surface area contributed by atoms with Crippen molar-refractivity contribution in [2.75, 3.05) is 0 Å². The standard InChI is InChI=1S/C18H18F2O/c1-2-3-4-17(13-5-9-15(19)10-6-13)18(21)14-7-11-16(20)12-8-14/h5-12,17H,2-4H2,1H3. The molecule has 0 bridgehead atoms. The molecule has 0 saturated carbocycles. The second-order valence-electron chi connectivity index (χ2n) is 5.12. The fourth-order valence-corrected chi connectivity index (χ4v) is 2.37. The van der Waals surface area contributed by atoms with Crippen LogP contribution in [0.5, 0.6) is 0 Å². The van der Waals surface area contributed by atoms with E-state index in [1.54, 1.807) is 12.1 Å². The van der Waals surface area contributed by atoms with Gasteiger partial charge in [-0.05, 0) is 48.4 Å². The first-order valence-corrected chi connectivity index (χ1v) is 7.17. The van der Waals surface area contributed by atoms with Crippen molar-refractivity contribution in [2.24, 2.45) is 0 Å². The molecule has 0 aliphatic rings. The quantitative estimate of drug-likeness (QED) is 0.674. The van der Waals surface area contributed by atoms with Gasteiger partial charge in [0.1, 0.15) is 11.6 Å². The average molecular weight is 288 g/mol. The lowest BCUT2D eigenvalue weighted by Crippen LogP contribution is -2.13. The second-order valence-corrected chi connectivity index (χ2v) is 5.12. The third-order valence-corrected chi connectivity index (χ3v) is 3.56. The number of rotatable bonds is 6. The number of carbonyl (C=O) groups is 1. The molecule has 0 heterocycles. The number of Topliss-reactive ketones (excluding diaryl/α,β-unsaturated/α-hetero) is 1. The molecule has 3 heteroatoms. The van der Waals surface area contributed by atoms with Crippen LogP contribution in [0.4, 0.5) is 8.78 Å². The van der Waals surface area contributed by atoms with E-state index >= 15 is 0 Å². The van der Waals surface area contributed by atoms with Crippen LogP contribution in [0.25, 0.3) is 0 Å². The zero-order valence-corrected chi connectivity index (χ0v) is 12.0. The molecule has 2 rings (SSSR count). The summed E-state index contributed by atoms with van der Waals surface area (Å²) in [6.45, 7) is 2.06. The topological polar surface area (TPSA) is 17.1 Å². The van der Waals surface area contributed by atoms with Crippen molar-refractivity contribution >= 4 is 5.78 Å². The van der Waals surface area contributed by atoms with Gasteiger partial charge in [0, 0.05) is 11.5 Å². The molecule has 0 aromatic heterocycles. The Morgan fingerprint density at radius 3 is 2.00 bits per heavy atom. The minimum atomic E-state index is -0.363. The van der Waals surface area contributed by atoms with Gasteiger partial charge in [0.15, 0.2) is 5.78 Å². The number of ketones is 1. The number of hydrogen-bond donors (Lipinski definition) is 0. The van der Waals surface area contributed by atoms with Crippen molar-refractivity contribution in [1.29, 1.82) is 0 Å². The van der Waals surface area contributed by atoms with Crippen molar-refractivity contribution in [2.45, 2.75) is 32.1 Å². The first-order valence-electron chi connectivity index (χ1n) is 7.17. The molecule has 0 aliphatic heterocycles. The van der Waals surface area contributed by atoms with Gasteiger partial charge in [-0.15, -0.1) is 0 Å². The zero-order valence-electron chi connectivity index (χ0n) is 12.0. The van der Waals surface area contributed by atoms with Crippen LogP contribution in [0.1, 0.15) is 48.0 Å². The van der Waals surface area contributed by atoms with Gasteiger partial charge >= 0.3 is 0 Å². The maximum atomic E-state index is 13.0. The number of unbranched alkanes of at least 4 members (excludes halogenated alkanes) is 1. The summed E-state index contributed by atoms with van der Waals surface area (Å²) in [6, 6.07) is 11.6. The van der Waals surface area contributed by atoms with Crippen LogP contribution in [0.15, 0.2) is 48.5 Å². The van der Waals surface area contributed by atoms with Crippen molar-refractivity contribution in [3.8, 4) is 0 Å². The van der Waals surface area contributed by atoms with Crippen LogP contribution in [0.3, 0.4) is 0 Å². The Kier molecular flexibility index (Phi) is 5.20. The molecule has 1 atom stereocenters. The lowest BCUT2D eigenvalue weighted by atomic mass is 9.86. The molecule has 21 heavy (non-hydrogen) atoms. The summed E-state index contributed by atoms with van der Waals surface area (Å²) in [4.78, 5) is 12.6. The Bertz CT molecular complexity index is 588. The Labute approximate surface area is 123 Å². The number of benzene rings is 2. The third kappa shape index (κ3) is 3.97. The summed E-state index contributed by atoms with van der Waals surface area (Å²) in [5, 5.41) is 0. The Balaban J connectivity index is 2.28. The zero-order chi connectivity index (χ0) is 15.2. The molecular formula is C18H18F2O. The maximum absolute atomic E-state index is 13.0. The molecule has 2 aromatic rings. The van der Waals surface area contributed by atoms with E-state index in [2.05, 4.69) is 6.92 Å². The van der Waals surface area contributed by atoms with Crippen LogP contribution in [-0.2, 0) is 0 Å². The van der Waals surface area contributed by atoms with Gasteiger partial charge < -0.3 is 0 Å². The molecule has 1 nitrogen and oxygen atoms in total. The molecule has 0 fully saturated rings. The first-order chi connectivity index (χ1) is 10.1. The predicted octanol–water partition coefficient (Wildman–Crippen LogP) is 5.12. The Morgan fingerprint density at radius 1 is 0.952 bits per heavy atom. The molecule has 1 unspecified atom stereocenters. The lowest BCUT2D eigenvalue weighted by Gasteiger charge is -2.16. The van der Waals surface area contributed by atoms with Crippen LogP contribution in [0.2, 0.25) is 0 Å². The van der Waals surface area contributed by atoms with Crippen molar-refractivity contribution < 1.29 is 13.6 Å². The highest BCUT2D eigenvalue weighted by atomic mass is 19.1. The highest BCUT2D eigenvalue weighted by molar-refractivity contribution is 6.00. The van der Waals surface area contributed by atoms with Gasteiger partial charge in [0.25, 0.3) is 0 Å². The third-order valence-electron chi connectivity index (χ3n) is 3.56. The molecule has 110 valence electrons. The van der Waals surface area contributed by atoms with E-state index in [0.29, 0.717) is 12.0 Å². The molecule has 2 aromatic carbocycles. The first kappa shape index (κ1) is 15.4. The monoisotopic (exact) mass is 288 g/mol. The summed E-state index contributed by atoms with van der Waals surface area (Å²) in [5.74, 6) is -1.04. The van der Waals surface area contributed by atoms with Crippen LogP contribution >= 0.6 is 0 Å². The summed E-state index contributed by atoms with van der Waals surface area (Å²) in [5.41, 5.74) is 1.29. The fourth-order valence-electron chi connectivity index (χ4n) is 2.37. The highest BCUT2D eigenvalue weighted by Gasteiger charge is 2.21. The number of halogens is 2. The SMILES string of the molecule is CCCCC(C(=O)c1ccc(F)cc1)c1ccc(F)cc1. The van der Waals surface area contributed by atoms with Gasteiger partial charge in [-0.25, -0.2) is 8.78 Å². The average Bonchev–Trinajstić information content (AvgIpc) is 2.50. The molecular weight excluding hydrogens is 270 g/mol. The molecule has 0 N–H and O–H groups in total. The maximum Gasteiger partial charge on any atom is 0.170 e. The van der Waals surface area contributed by atoms with Gasteiger partial charge in [-0.2, -0.15) is 0 Å². The van der Waals surface area contributed by atoms with Crippen molar-refractivity contribution in [3.63, 3.8) is 0 Å². The van der Waals surface area contributed by atoms with Crippen LogP contribution in [-0.4, -0.2) is 5.78 Å². The van der Waals surface area contributed by atoms with Gasteiger partial charge in [0.05, 0.1) is 0 Å². The van der Waals surface area contributed by atoms with E-state index in [0.717, 1.165) is 18.4 Å². The molecule has 0 saturated heterocycles. The van der Waals surface area contributed by atoms with Gasteiger partial charge in [-0.1, -0.05) is 31.9 Å². The van der Waals surface area contributed by atoms with E-state index in [1.165, 1.54) is 36.4 Å². The van der Waals surface area contributed by atoms with Crippen molar-refractivity contribution in [3.05, 3.63) is 71.3 Å². The summed E-state index contributed by atoms with van der Waals surface area (Å²) < 4.78 is 26.0. The molecule has 0 amide bonds. The molecule has 0 aliphatic carbocycles. The van der Waals surface area contributed by atoms with E-state index < -0.39 is 0 Å². The summed E-state index contributed by atoms with van der Waals surface area (Å²) >= 11 is 0. The Morgan fingerprint density at radius 2 is 1.48 bits per heavy atom. The summed E-state index contributed by atoms with van der Waals surface area (Å²) in [6.07, 6.45) is 2.60. The smallest absolute Gasteiger partial charge is 0.170 e. The lowest BCUT2D eigenvalue weighted by molar-refractivity contribution is 0.0954. The Hall–Kier alpha value is -2.03. The summed E-state index contributed by atoms with van der Waals surface area (Å²) in [7, 11) is 0. The number of hydrogen-bond acceptors (Lipinski definition) is 1. The van der Waals surface area contributed by atoms with Gasteiger partial charge in [0.2, 0.25) is 0 Å². The number of carbonyl (C=O) groups excluding carboxylic acids is 1. The van der Waals surface area contributed by atoms with Crippen LogP contribution in [0, 0.1) is 11.6 Å². The van der Waals surface area contributed by atoms with E-state index in [-0.39, 0.29) is 23.3 Å². The largest absolute Gasteiger partial charge is 0.293 e. The molecule has 0 radical (unpaired) electrons. The second kappa shape index (κ2) is 7.11. The van der Waals surface area contributed by atoms with Crippen molar-refractivity contribution in [1.82, 2.24) is 0 Å². The van der Waals surface area contributed by atoms with E-state index in [4.69, 9.17) is 0 Å². The molecule has 0 spiro atoms. The minimum absolute atomic E-state index is 0.0462. The van der Waals surface area contributed by atoms with E-state index in [1.807, 2.05) is 0 Å². The van der Waals surface area contributed by atoms with E-state index in [9.17, 15) is 13.6 Å². The minimum Gasteiger partial charge on any atom is -0.293 e.